The van der Waals surface area contributed by atoms with Crippen LogP contribution in [0, 0.1) is 0 Å². The molecule has 1 unspecified atom stereocenters. The van der Waals surface area contributed by atoms with Crippen LogP contribution in [0.4, 0.5) is 0 Å². The molecular weight excluding hydrogens is 186 g/mol. The van der Waals surface area contributed by atoms with E-state index in [1.54, 1.807) is 0 Å². The van der Waals surface area contributed by atoms with Crippen molar-refractivity contribution < 1.29 is 19.0 Å². The molecule has 0 aromatic carbocycles. The summed E-state index contributed by atoms with van der Waals surface area (Å²) in [5.74, 6) is 0. The Labute approximate surface area is 67.3 Å². The number of aliphatic hydroxyl groups excluding tert-OH is 1. The molecule has 0 saturated carbocycles. The van der Waals surface area contributed by atoms with Crippen molar-refractivity contribution in [2.75, 3.05) is 6.16 Å². The molecule has 1 saturated heterocycles. The monoisotopic (exact) mass is 194 g/mol. The van der Waals surface area contributed by atoms with Gasteiger partial charge in [-0.1, -0.05) is 0 Å². The van der Waals surface area contributed by atoms with E-state index in [1.165, 1.54) is 0 Å². The number of hydrogen-bond acceptors (Lipinski definition) is 4. The fourth-order valence-electron chi connectivity index (χ4n) is 1.06. The Balaban J connectivity index is 2.49. The molecule has 6 heteroatoms. The summed E-state index contributed by atoms with van der Waals surface area (Å²) in [4.78, 5) is 0. The normalized spacial score (nSPS) is 38.5. The maximum Gasteiger partial charge on any atom is 0.161 e. The molecule has 1 rings (SSSR count). The first kappa shape index (κ1) is 9.21. The summed E-state index contributed by atoms with van der Waals surface area (Å²) in [6, 6.07) is 0. The zero-order chi connectivity index (χ0) is 8.27. The molecule has 0 aliphatic carbocycles. The zero-order valence-corrected chi connectivity index (χ0v) is 7.50. The largest absolute Gasteiger partial charge is 0.368 e. The van der Waals surface area contributed by atoms with E-state index in [2.05, 4.69) is 0 Å². The Morgan fingerprint density at radius 2 is 2.27 bits per heavy atom. The van der Waals surface area contributed by atoms with Gasteiger partial charge in [0.15, 0.2) is 23.2 Å². The molecule has 1 fully saturated rings. The molecule has 0 radical (unpaired) electrons. The summed E-state index contributed by atoms with van der Waals surface area (Å²) in [6.45, 7) is 0. The first-order valence-electron chi connectivity index (χ1n) is 3.23. The predicted molar refractivity (Wildman–Crippen MR) is 39.4 cm³/mol. The molecule has 0 aromatic heterocycles. The van der Waals surface area contributed by atoms with E-state index in [0.717, 1.165) is 0 Å². The van der Waals surface area contributed by atoms with Crippen molar-refractivity contribution >= 4 is 16.9 Å². The maximum atomic E-state index is 10.4. The van der Waals surface area contributed by atoms with E-state index in [9.17, 15) is 9.13 Å². The Morgan fingerprint density at radius 3 is 2.82 bits per heavy atom. The second kappa shape index (κ2) is 4.22. The SMILES string of the molecule is O=PC[C@H]1OC(O)C[C@@H]1P=O. The molecule has 1 aliphatic rings. The average Bonchev–Trinajstić information content (AvgIpc) is 2.32. The molecule has 1 N–H and O–H groups in total. The standard InChI is InChI=1S/C5H8O4P2/c6-5-1-4(11-8)3(9-5)2-10-7/h3-6H,1-2H2/t3-,4+,5?/m1/s1. The summed E-state index contributed by atoms with van der Waals surface area (Å²) in [7, 11) is -0.0767. The molecule has 0 spiro atoms. The summed E-state index contributed by atoms with van der Waals surface area (Å²) in [5, 5.41) is 8.96. The zero-order valence-electron chi connectivity index (χ0n) is 5.71. The molecule has 0 bridgehead atoms. The third-order valence-electron chi connectivity index (χ3n) is 1.59. The maximum absolute atomic E-state index is 10.4. The van der Waals surface area contributed by atoms with Crippen molar-refractivity contribution in [3.05, 3.63) is 0 Å². The number of rotatable bonds is 3. The van der Waals surface area contributed by atoms with Gasteiger partial charge in [-0.3, -0.25) is 9.13 Å². The van der Waals surface area contributed by atoms with Crippen molar-refractivity contribution in [1.82, 2.24) is 0 Å². The predicted octanol–water partition coefficient (Wildman–Crippen LogP) is 1.05. The lowest BCUT2D eigenvalue weighted by molar-refractivity contribution is -0.0837. The summed E-state index contributed by atoms with van der Waals surface area (Å²) < 4.78 is 25.5. The van der Waals surface area contributed by atoms with Crippen LogP contribution < -0.4 is 0 Å². The van der Waals surface area contributed by atoms with E-state index in [4.69, 9.17) is 9.84 Å². The van der Waals surface area contributed by atoms with Crippen LogP contribution in [0.2, 0.25) is 0 Å². The van der Waals surface area contributed by atoms with Crippen LogP contribution in [0.15, 0.2) is 0 Å². The van der Waals surface area contributed by atoms with Crippen LogP contribution in [-0.2, 0) is 13.9 Å². The Morgan fingerprint density at radius 1 is 1.55 bits per heavy atom. The highest BCUT2D eigenvalue weighted by Crippen LogP contribution is 2.29. The van der Waals surface area contributed by atoms with Gasteiger partial charge in [0.25, 0.3) is 0 Å². The smallest absolute Gasteiger partial charge is 0.161 e. The molecule has 0 aromatic rings. The van der Waals surface area contributed by atoms with Gasteiger partial charge in [-0.05, 0) is 0 Å². The van der Waals surface area contributed by atoms with Crippen LogP contribution in [0.5, 0.6) is 0 Å². The van der Waals surface area contributed by atoms with Gasteiger partial charge in [0, 0.05) is 6.42 Å². The van der Waals surface area contributed by atoms with Gasteiger partial charge in [0.05, 0.1) is 17.9 Å². The van der Waals surface area contributed by atoms with Crippen LogP contribution in [0.1, 0.15) is 6.42 Å². The van der Waals surface area contributed by atoms with Crippen LogP contribution in [0.25, 0.3) is 0 Å². The highest BCUT2D eigenvalue weighted by molar-refractivity contribution is 7.25. The van der Waals surface area contributed by atoms with Gasteiger partial charge in [-0.25, -0.2) is 0 Å². The third kappa shape index (κ3) is 2.28. The molecule has 0 amide bonds. The number of hydrogen-bond donors (Lipinski definition) is 1. The molecule has 4 nitrogen and oxygen atoms in total. The molecule has 62 valence electrons. The van der Waals surface area contributed by atoms with E-state index < -0.39 is 6.29 Å². The molecule has 1 aliphatic heterocycles. The minimum atomic E-state index is -0.840. The Kier molecular flexibility index (Phi) is 3.53. The number of aliphatic hydroxyl groups is 1. The molecule has 11 heavy (non-hydrogen) atoms. The lowest BCUT2D eigenvalue weighted by atomic mass is 10.2. The second-order valence-electron chi connectivity index (χ2n) is 2.35. The van der Waals surface area contributed by atoms with E-state index in [0.29, 0.717) is 12.6 Å². The molecule has 3 atom stereocenters. The molecule has 1 heterocycles. The first-order valence-corrected chi connectivity index (χ1v) is 5.11. The van der Waals surface area contributed by atoms with Gasteiger partial charge >= 0.3 is 0 Å². The van der Waals surface area contributed by atoms with Gasteiger partial charge < -0.3 is 9.84 Å². The minimum Gasteiger partial charge on any atom is -0.368 e. The van der Waals surface area contributed by atoms with Crippen molar-refractivity contribution in [2.24, 2.45) is 0 Å². The van der Waals surface area contributed by atoms with E-state index in [-0.39, 0.29) is 28.7 Å². The van der Waals surface area contributed by atoms with Crippen LogP contribution in [0.3, 0.4) is 0 Å². The first-order chi connectivity index (χ1) is 5.27. The Hall–Kier alpha value is 0.120. The lowest BCUT2D eigenvalue weighted by Gasteiger charge is -2.06. The van der Waals surface area contributed by atoms with E-state index >= 15 is 0 Å². The van der Waals surface area contributed by atoms with Gasteiger partial charge in [-0.15, -0.1) is 0 Å². The fourth-order valence-corrected chi connectivity index (χ4v) is 2.29. The minimum absolute atomic E-state index is 0.0342. The van der Waals surface area contributed by atoms with Gasteiger partial charge in [-0.2, -0.15) is 0 Å². The second-order valence-corrected chi connectivity index (χ2v) is 3.85. The highest BCUT2D eigenvalue weighted by Gasteiger charge is 2.34. The van der Waals surface area contributed by atoms with Crippen LogP contribution in [-0.4, -0.2) is 29.3 Å². The molecular formula is C5H8O4P2. The quantitative estimate of drug-likeness (QED) is 0.682. The van der Waals surface area contributed by atoms with Crippen molar-refractivity contribution in [3.8, 4) is 0 Å². The average molecular weight is 194 g/mol. The van der Waals surface area contributed by atoms with Crippen LogP contribution >= 0.6 is 16.9 Å². The van der Waals surface area contributed by atoms with Crippen molar-refractivity contribution in [1.29, 1.82) is 0 Å². The van der Waals surface area contributed by atoms with Crippen molar-refractivity contribution in [2.45, 2.75) is 24.5 Å². The lowest BCUT2D eigenvalue weighted by Crippen LogP contribution is -2.18. The fraction of sp³-hybridized carbons (Fsp3) is 1.00. The summed E-state index contributed by atoms with van der Waals surface area (Å²) in [6.07, 6.45) is -0.501. The summed E-state index contributed by atoms with van der Waals surface area (Å²) in [5.41, 5.74) is -0.202. The number of ether oxygens (including phenoxy) is 1. The Bertz CT molecular complexity index is 163. The highest BCUT2D eigenvalue weighted by atomic mass is 31.1. The third-order valence-corrected chi connectivity index (χ3v) is 2.92. The van der Waals surface area contributed by atoms with E-state index in [1.807, 2.05) is 0 Å². The van der Waals surface area contributed by atoms with Crippen molar-refractivity contribution in [3.63, 3.8) is 0 Å². The van der Waals surface area contributed by atoms with Gasteiger partial charge in [0.2, 0.25) is 0 Å². The summed E-state index contributed by atoms with van der Waals surface area (Å²) >= 11 is 0. The van der Waals surface area contributed by atoms with Gasteiger partial charge in [0.1, 0.15) is 0 Å². The topological polar surface area (TPSA) is 63.6 Å².